The molecule has 0 atom stereocenters. The van der Waals surface area contributed by atoms with Crippen molar-refractivity contribution in [2.75, 3.05) is 0 Å². The molecule has 0 amide bonds. The Labute approximate surface area is 133 Å². The van der Waals surface area contributed by atoms with Crippen molar-refractivity contribution in [2.24, 2.45) is 0 Å². The maximum Gasteiger partial charge on any atom is 0.137 e. The van der Waals surface area contributed by atoms with Crippen molar-refractivity contribution in [1.82, 2.24) is 4.98 Å². The Morgan fingerprint density at radius 2 is 1.81 bits per heavy atom. The summed E-state index contributed by atoms with van der Waals surface area (Å²) < 4.78 is 13.7. The summed E-state index contributed by atoms with van der Waals surface area (Å²) in [6.45, 7) is 0. The highest BCUT2D eigenvalue weighted by Gasteiger charge is 2.08. The van der Waals surface area contributed by atoms with Crippen LogP contribution in [0.25, 0.3) is 21.8 Å². The molecule has 0 aliphatic carbocycles. The van der Waals surface area contributed by atoms with E-state index >= 15 is 0 Å². The van der Waals surface area contributed by atoms with E-state index in [9.17, 15) is 4.39 Å². The average Bonchev–Trinajstić information content (AvgIpc) is 3.00. The van der Waals surface area contributed by atoms with Gasteiger partial charge in [-0.3, -0.25) is 0 Å². The minimum Gasteiger partial charge on any atom is -0.236 e. The van der Waals surface area contributed by atoms with E-state index in [1.807, 2.05) is 17.5 Å². The summed E-state index contributed by atoms with van der Waals surface area (Å²) in [4.78, 5) is 4.57. The average molecular weight is 359 g/mol. The SMILES string of the molecule is N#Cc1ccc(-c2csc(-c3ccc(F)c(Br)c3)n2)cc1. The van der Waals surface area contributed by atoms with E-state index in [-0.39, 0.29) is 5.82 Å². The fourth-order valence-corrected chi connectivity index (χ4v) is 3.09. The molecular weight excluding hydrogens is 351 g/mol. The van der Waals surface area contributed by atoms with Gasteiger partial charge in [-0.1, -0.05) is 12.1 Å². The zero-order valence-corrected chi connectivity index (χ0v) is 13.1. The lowest BCUT2D eigenvalue weighted by molar-refractivity contribution is 0.621. The molecule has 0 N–H and O–H groups in total. The molecule has 0 saturated carbocycles. The molecule has 2 nitrogen and oxygen atoms in total. The number of rotatable bonds is 2. The van der Waals surface area contributed by atoms with Crippen molar-refractivity contribution >= 4 is 27.3 Å². The summed E-state index contributed by atoms with van der Waals surface area (Å²) in [5.74, 6) is -0.289. The predicted octanol–water partition coefficient (Wildman–Crippen LogP) is 5.25. The van der Waals surface area contributed by atoms with E-state index in [1.54, 1.807) is 24.3 Å². The van der Waals surface area contributed by atoms with Gasteiger partial charge >= 0.3 is 0 Å². The summed E-state index contributed by atoms with van der Waals surface area (Å²) in [6.07, 6.45) is 0. The Hall–Kier alpha value is -2.03. The molecule has 3 aromatic rings. The van der Waals surface area contributed by atoms with Gasteiger partial charge in [0.25, 0.3) is 0 Å². The molecule has 0 radical (unpaired) electrons. The molecule has 5 heteroatoms. The molecule has 102 valence electrons. The Morgan fingerprint density at radius 3 is 2.48 bits per heavy atom. The van der Waals surface area contributed by atoms with Crippen molar-refractivity contribution < 1.29 is 4.39 Å². The van der Waals surface area contributed by atoms with Crippen LogP contribution >= 0.6 is 27.3 Å². The third-order valence-corrected chi connectivity index (χ3v) is 4.48. The number of hydrogen-bond donors (Lipinski definition) is 0. The fraction of sp³-hybridized carbons (Fsp3) is 0. The molecule has 0 spiro atoms. The van der Waals surface area contributed by atoms with E-state index in [4.69, 9.17) is 5.26 Å². The molecule has 0 aliphatic heterocycles. The number of hydrogen-bond acceptors (Lipinski definition) is 3. The number of benzene rings is 2. The van der Waals surface area contributed by atoms with Crippen LogP contribution in [-0.4, -0.2) is 4.98 Å². The molecule has 0 fully saturated rings. The Bertz CT molecular complexity index is 834. The minimum absolute atomic E-state index is 0.289. The van der Waals surface area contributed by atoms with Crippen molar-refractivity contribution in [2.45, 2.75) is 0 Å². The monoisotopic (exact) mass is 358 g/mol. The first kappa shape index (κ1) is 13.9. The van der Waals surface area contributed by atoms with Crippen LogP contribution in [0, 0.1) is 17.1 Å². The molecule has 2 aromatic carbocycles. The van der Waals surface area contributed by atoms with Crippen molar-refractivity contribution in [3.63, 3.8) is 0 Å². The molecule has 0 bridgehead atoms. The molecule has 1 aromatic heterocycles. The highest BCUT2D eigenvalue weighted by molar-refractivity contribution is 9.10. The van der Waals surface area contributed by atoms with E-state index in [2.05, 4.69) is 27.0 Å². The van der Waals surface area contributed by atoms with Crippen molar-refractivity contribution in [3.8, 4) is 27.9 Å². The number of aromatic nitrogens is 1. The van der Waals surface area contributed by atoms with E-state index in [0.29, 0.717) is 10.0 Å². The zero-order chi connectivity index (χ0) is 14.8. The fourth-order valence-electron chi connectivity index (χ4n) is 1.88. The third-order valence-electron chi connectivity index (χ3n) is 2.98. The number of nitriles is 1. The maximum atomic E-state index is 13.3. The topological polar surface area (TPSA) is 36.7 Å². The van der Waals surface area contributed by atoms with Gasteiger partial charge in [-0.25, -0.2) is 9.37 Å². The summed E-state index contributed by atoms with van der Waals surface area (Å²) in [5, 5.41) is 11.6. The summed E-state index contributed by atoms with van der Waals surface area (Å²) in [6, 6.07) is 14.2. The third kappa shape index (κ3) is 2.87. The highest BCUT2D eigenvalue weighted by Crippen LogP contribution is 2.31. The zero-order valence-electron chi connectivity index (χ0n) is 10.7. The van der Waals surface area contributed by atoms with E-state index in [1.165, 1.54) is 17.4 Å². The first-order chi connectivity index (χ1) is 10.2. The molecular formula is C16H8BrFN2S. The molecule has 0 saturated heterocycles. The van der Waals surface area contributed by atoms with Gasteiger partial charge in [0.05, 0.1) is 21.8 Å². The maximum absolute atomic E-state index is 13.3. The Balaban J connectivity index is 1.95. The standard InChI is InChI=1S/C16H8BrFN2S/c17-13-7-12(5-6-14(13)18)16-20-15(9-21-16)11-3-1-10(8-19)2-4-11/h1-7,9H. The van der Waals surface area contributed by atoms with Gasteiger partial charge < -0.3 is 0 Å². The van der Waals surface area contributed by atoms with Gasteiger partial charge in [-0.2, -0.15) is 5.26 Å². The van der Waals surface area contributed by atoms with Crippen LogP contribution in [0.2, 0.25) is 0 Å². The minimum atomic E-state index is -0.289. The van der Waals surface area contributed by atoms with E-state index < -0.39 is 0 Å². The lowest BCUT2D eigenvalue weighted by atomic mass is 10.1. The first-order valence-corrected chi connectivity index (χ1v) is 7.76. The van der Waals surface area contributed by atoms with Crippen LogP contribution < -0.4 is 0 Å². The van der Waals surface area contributed by atoms with Crippen LogP contribution in [0.5, 0.6) is 0 Å². The van der Waals surface area contributed by atoms with E-state index in [0.717, 1.165) is 21.8 Å². The predicted molar refractivity (Wildman–Crippen MR) is 85.4 cm³/mol. The van der Waals surface area contributed by atoms with Gasteiger partial charge in [0.1, 0.15) is 10.8 Å². The second-order valence-corrected chi connectivity index (χ2v) is 6.07. The lowest BCUT2D eigenvalue weighted by Crippen LogP contribution is -1.82. The second-order valence-electron chi connectivity index (χ2n) is 4.36. The van der Waals surface area contributed by atoms with Crippen LogP contribution in [0.15, 0.2) is 52.3 Å². The summed E-state index contributed by atoms with van der Waals surface area (Å²) >= 11 is 4.68. The second kappa shape index (κ2) is 5.76. The van der Waals surface area contributed by atoms with Gasteiger partial charge in [0.15, 0.2) is 0 Å². The molecule has 21 heavy (non-hydrogen) atoms. The van der Waals surface area contributed by atoms with Crippen LogP contribution in [0.4, 0.5) is 4.39 Å². The number of nitrogens with zero attached hydrogens (tertiary/aromatic N) is 2. The van der Waals surface area contributed by atoms with Crippen molar-refractivity contribution in [1.29, 1.82) is 5.26 Å². The number of thiazole rings is 1. The highest BCUT2D eigenvalue weighted by atomic mass is 79.9. The Kier molecular flexibility index (Phi) is 3.82. The first-order valence-electron chi connectivity index (χ1n) is 6.09. The molecule has 0 aliphatic rings. The number of halogens is 2. The Morgan fingerprint density at radius 1 is 1.10 bits per heavy atom. The van der Waals surface area contributed by atoms with Gasteiger partial charge in [-0.15, -0.1) is 11.3 Å². The van der Waals surface area contributed by atoms with Gasteiger partial charge in [-0.05, 0) is 46.3 Å². The van der Waals surface area contributed by atoms with Crippen LogP contribution in [-0.2, 0) is 0 Å². The largest absolute Gasteiger partial charge is 0.236 e. The summed E-state index contributed by atoms with van der Waals surface area (Å²) in [5.41, 5.74) is 3.29. The smallest absolute Gasteiger partial charge is 0.137 e. The quantitative estimate of drug-likeness (QED) is 0.627. The lowest BCUT2D eigenvalue weighted by Gasteiger charge is -1.99. The normalized spacial score (nSPS) is 10.3. The van der Waals surface area contributed by atoms with Crippen LogP contribution in [0.1, 0.15) is 5.56 Å². The molecule has 3 rings (SSSR count). The van der Waals surface area contributed by atoms with Gasteiger partial charge in [0.2, 0.25) is 0 Å². The summed E-state index contributed by atoms with van der Waals surface area (Å²) in [7, 11) is 0. The molecule has 1 heterocycles. The van der Waals surface area contributed by atoms with Crippen LogP contribution in [0.3, 0.4) is 0 Å². The van der Waals surface area contributed by atoms with Gasteiger partial charge in [0, 0.05) is 16.5 Å². The molecule has 0 unspecified atom stereocenters. The van der Waals surface area contributed by atoms with Crippen molar-refractivity contribution in [3.05, 3.63) is 63.7 Å².